The SMILES string of the molecule is CCc1ccc(CC)c(C(Br)c2ccccc2CC)c1. The summed E-state index contributed by atoms with van der Waals surface area (Å²) in [4.78, 5) is 0.292. The predicted molar refractivity (Wildman–Crippen MR) is 91.8 cm³/mol. The van der Waals surface area contributed by atoms with Gasteiger partial charge in [0.25, 0.3) is 0 Å². The minimum Gasteiger partial charge on any atom is -0.0786 e. The molecule has 2 aromatic carbocycles. The molecular formula is C19H23Br. The molecule has 0 bridgehead atoms. The van der Waals surface area contributed by atoms with Crippen LogP contribution in [0.25, 0.3) is 0 Å². The van der Waals surface area contributed by atoms with E-state index >= 15 is 0 Å². The second-order valence-corrected chi connectivity index (χ2v) is 6.07. The van der Waals surface area contributed by atoms with Crippen LogP contribution in [-0.4, -0.2) is 0 Å². The third kappa shape index (κ3) is 3.15. The van der Waals surface area contributed by atoms with Gasteiger partial charge in [0.1, 0.15) is 0 Å². The van der Waals surface area contributed by atoms with E-state index in [9.17, 15) is 0 Å². The molecule has 0 N–H and O–H groups in total. The van der Waals surface area contributed by atoms with E-state index in [-0.39, 0.29) is 0 Å². The third-order valence-electron chi connectivity index (χ3n) is 3.98. The van der Waals surface area contributed by atoms with Gasteiger partial charge in [-0.2, -0.15) is 0 Å². The lowest BCUT2D eigenvalue weighted by Gasteiger charge is -2.19. The summed E-state index contributed by atoms with van der Waals surface area (Å²) in [5, 5.41) is 0. The summed E-state index contributed by atoms with van der Waals surface area (Å²) in [6.07, 6.45) is 3.25. The van der Waals surface area contributed by atoms with Crippen molar-refractivity contribution in [2.24, 2.45) is 0 Å². The molecule has 2 rings (SSSR count). The Morgan fingerprint density at radius 1 is 0.800 bits per heavy atom. The topological polar surface area (TPSA) is 0 Å². The zero-order valence-corrected chi connectivity index (χ0v) is 14.2. The van der Waals surface area contributed by atoms with E-state index < -0.39 is 0 Å². The monoisotopic (exact) mass is 330 g/mol. The van der Waals surface area contributed by atoms with E-state index in [0.717, 1.165) is 19.3 Å². The van der Waals surface area contributed by atoms with Crippen molar-refractivity contribution in [1.82, 2.24) is 0 Å². The van der Waals surface area contributed by atoms with E-state index in [2.05, 4.69) is 79.2 Å². The fourth-order valence-corrected chi connectivity index (χ4v) is 3.57. The molecule has 0 heterocycles. The third-order valence-corrected chi connectivity index (χ3v) is 4.97. The van der Waals surface area contributed by atoms with E-state index in [1.165, 1.54) is 27.8 Å². The minimum absolute atomic E-state index is 0.292. The quantitative estimate of drug-likeness (QED) is 0.602. The molecule has 1 heteroatoms. The first-order chi connectivity index (χ1) is 9.71. The van der Waals surface area contributed by atoms with Gasteiger partial charge in [-0.1, -0.05) is 79.2 Å². The molecule has 20 heavy (non-hydrogen) atoms. The van der Waals surface area contributed by atoms with Crippen molar-refractivity contribution >= 4 is 15.9 Å². The fraction of sp³-hybridized carbons (Fsp3) is 0.368. The fourth-order valence-electron chi connectivity index (χ4n) is 2.69. The zero-order chi connectivity index (χ0) is 14.5. The number of hydrogen-bond acceptors (Lipinski definition) is 0. The van der Waals surface area contributed by atoms with Gasteiger partial charge in [0.15, 0.2) is 0 Å². The van der Waals surface area contributed by atoms with E-state index in [1.807, 2.05) is 0 Å². The predicted octanol–water partition coefficient (Wildman–Crippen LogP) is 5.86. The van der Waals surface area contributed by atoms with Gasteiger partial charge in [0, 0.05) is 0 Å². The van der Waals surface area contributed by atoms with Crippen LogP contribution in [0.4, 0.5) is 0 Å². The molecule has 0 radical (unpaired) electrons. The Hall–Kier alpha value is -1.08. The Kier molecular flexibility index (Phi) is 5.42. The number of hydrogen-bond donors (Lipinski definition) is 0. The Bertz CT molecular complexity index is 572. The van der Waals surface area contributed by atoms with Gasteiger partial charge in [-0.15, -0.1) is 0 Å². The molecule has 0 aliphatic carbocycles. The van der Waals surface area contributed by atoms with E-state index in [4.69, 9.17) is 0 Å². The molecule has 106 valence electrons. The Morgan fingerprint density at radius 3 is 2.10 bits per heavy atom. The van der Waals surface area contributed by atoms with Crippen molar-refractivity contribution in [2.45, 2.75) is 44.9 Å². The molecule has 0 aromatic heterocycles. The Balaban J connectivity index is 2.49. The van der Waals surface area contributed by atoms with Crippen molar-refractivity contribution in [2.75, 3.05) is 0 Å². The molecule has 0 saturated carbocycles. The van der Waals surface area contributed by atoms with Crippen molar-refractivity contribution in [3.63, 3.8) is 0 Å². The van der Waals surface area contributed by atoms with Gasteiger partial charge >= 0.3 is 0 Å². The standard InChI is InChI=1S/C19H23Br/c1-4-14-11-12-16(6-3)18(13-14)19(20)17-10-8-7-9-15(17)5-2/h7-13,19H,4-6H2,1-3H3. The average molecular weight is 331 g/mol. The highest BCUT2D eigenvalue weighted by atomic mass is 79.9. The first-order valence-electron chi connectivity index (χ1n) is 7.54. The summed E-state index contributed by atoms with van der Waals surface area (Å²) in [6, 6.07) is 15.7. The second-order valence-electron chi connectivity index (χ2n) is 5.16. The molecule has 0 spiro atoms. The summed E-state index contributed by atoms with van der Waals surface area (Å²) in [7, 11) is 0. The molecular weight excluding hydrogens is 308 g/mol. The van der Waals surface area contributed by atoms with Crippen molar-refractivity contribution in [1.29, 1.82) is 0 Å². The molecule has 1 atom stereocenters. The minimum atomic E-state index is 0.292. The molecule has 0 aliphatic heterocycles. The van der Waals surface area contributed by atoms with E-state index in [1.54, 1.807) is 0 Å². The maximum absolute atomic E-state index is 3.94. The second kappa shape index (κ2) is 7.08. The van der Waals surface area contributed by atoms with Gasteiger partial charge in [0.2, 0.25) is 0 Å². The lowest BCUT2D eigenvalue weighted by atomic mass is 9.92. The van der Waals surface area contributed by atoms with Gasteiger partial charge in [-0.25, -0.2) is 0 Å². The zero-order valence-electron chi connectivity index (χ0n) is 12.6. The molecule has 0 saturated heterocycles. The van der Waals surface area contributed by atoms with Crippen LogP contribution in [0, 0.1) is 0 Å². The summed E-state index contributed by atoms with van der Waals surface area (Å²) >= 11 is 3.94. The maximum Gasteiger partial charge on any atom is 0.0650 e. The molecule has 1 unspecified atom stereocenters. The molecule has 2 aromatic rings. The summed E-state index contributed by atoms with van der Waals surface area (Å²) in [5.74, 6) is 0. The lowest BCUT2D eigenvalue weighted by Crippen LogP contribution is -2.02. The van der Waals surface area contributed by atoms with Gasteiger partial charge in [0.05, 0.1) is 4.83 Å². The van der Waals surface area contributed by atoms with Crippen molar-refractivity contribution < 1.29 is 0 Å². The largest absolute Gasteiger partial charge is 0.0786 e. The highest BCUT2D eigenvalue weighted by molar-refractivity contribution is 9.09. The van der Waals surface area contributed by atoms with E-state index in [0.29, 0.717) is 4.83 Å². The van der Waals surface area contributed by atoms with Crippen LogP contribution in [0.3, 0.4) is 0 Å². The van der Waals surface area contributed by atoms with Crippen LogP contribution < -0.4 is 0 Å². The maximum atomic E-state index is 3.94. The summed E-state index contributed by atoms with van der Waals surface area (Å²) < 4.78 is 0. The van der Waals surface area contributed by atoms with Gasteiger partial charge < -0.3 is 0 Å². The summed E-state index contributed by atoms with van der Waals surface area (Å²) in [5.41, 5.74) is 7.11. The highest BCUT2D eigenvalue weighted by Gasteiger charge is 2.16. The molecule has 0 fully saturated rings. The van der Waals surface area contributed by atoms with Crippen LogP contribution in [0.2, 0.25) is 0 Å². The molecule has 0 amide bonds. The number of alkyl halides is 1. The van der Waals surface area contributed by atoms with Gasteiger partial charge in [-0.05, 0) is 47.1 Å². The summed E-state index contributed by atoms with van der Waals surface area (Å²) in [6.45, 7) is 6.67. The van der Waals surface area contributed by atoms with Crippen LogP contribution in [0.5, 0.6) is 0 Å². The van der Waals surface area contributed by atoms with Crippen LogP contribution in [0.15, 0.2) is 42.5 Å². The van der Waals surface area contributed by atoms with Crippen molar-refractivity contribution in [3.05, 3.63) is 70.3 Å². The molecule has 0 aliphatic rings. The average Bonchev–Trinajstić information content (AvgIpc) is 2.53. The highest BCUT2D eigenvalue weighted by Crippen LogP contribution is 2.35. The Labute approximate surface area is 131 Å². The number of rotatable bonds is 5. The van der Waals surface area contributed by atoms with Crippen LogP contribution in [0.1, 0.15) is 53.4 Å². The first kappa shape index (κ1) is 15.3. The normalized spacial score (nSPS) is 12.4. The van der Waals surface area contributed by atoms with Crippen molar-refractivity contribution in [3.8, 4) is 0 Å². The number of halogens is 1. The van der Waals surface area contributed by atoms with Gasteiger partial charge in [-0.3, -0.25) is 0 Å². The lowest BCUT2D eigenvalue weighted by molar-refractivity contribution is 1.00. The van der Waals surface area contributed by atoms with Crippen LogP contribution in [-0.2, 0) is 19.3 Å². The molecule has 0 nitrogen and oxygen atoms in total. The Morgan fingerprint density at radius 2 is 1.45 bits per heavy atom. The van der Waals surface area contributed by atoms with Crippen LogP contribution >= 0.6 is 15.9 Å². The number of aryl methyl sites for hydroxylation is 3. The number of benzene rings is 2. The smallest absolute Gasteiger partial charge is 0.0650 e. The first-order valence-corrected chi connectivity index (χ1v) is 8.46.